The molecule has 4 fully saturated rings. The second-order valence-electron chi connectivity index (χ2n) is 18.6. The molecule has 5 heterocycles. The lowest BCUT2D eigenvalue weighted by Gasteiger charge is -2.44. The summed E-state index contributed by atoms with van der Waals surface area (Å²) in [4.78, 5) is 56.4. The average molecular weight is 913 g/mol. The number of carboxylic acids is 1. The molecule has 4 saturated heterocycles. The molecule has 0 aliphatic carbocycles. The molecule has 8 rings (SSSR count). The maximum absolute atomic E-state index is 15.6. The minimum Gasteiger partial charge on any atom is -0.478 e. The van der Waals surface area contributed by atoms with E-state index in [4.69, 9.17) is 14.5 Å². The van der Waals surface area contributed by atoms with Crippen molar-refractivity contribution in [1.29, 1.82) is 0 Å². The summed E-state index contributed by atoms with van der Waals surface area (Å²) in [6.45, 7) is 15.6. The van der Waals surface area contributed by atoms with Gasteiger partial charge >= 0.3 is 12.1 Å². The highest BCUT2D eigenvalue weighted by molar-refractivity contribution is 7.99. The highest BCUT2D eigenvalue weighted by atomic mass is 32.2. The zero-order valence-corrected chi connectivity index (χ0v) is 38.4. The first-order chi connectivity index (χ1) is 31.1. The van der Waals surface area contributed by atoms with Crippen molar-refractivity contribution < 1.29 is 37.7 Å². The maximum atomic E-state index is 15.6. The van der Waals surface area contributed by atoms with Crippen molar-refractivity contribution in [1.82, 2.24) is 20.2 Å². The van der Waals surface area contributed by atoms with Gasteiger partial charge in [-0.25, -0.2) is 28.3 Å². The number of benzene rings is 3. The van der Waals surface area contributed by atoms with E-state index in [2.05, 4.69) is 30.3 Å². The van der Waals surface area contributed by atoms with Gasteiger partial charge in [-0.3, -0.25) is 9.69 Å². The van der Waals surface area contributed by atoms with Gasteiger partial charge in [0.25, 0.3) is 5.91 Å². The van der Waals surface area contributed by atoms with Crippen LogP contribution in [0.5, 0.6) is 0 Å². The fourth-order valence-electron chi connectivity index (χ4n) is 9.70. The van der Waals surface area contributed by atoms with E-state index in [-0.39, 0.29) is 28.7 Å². The molecule has 0 saturated carbocycles. The van der Waals surface area contributed by atoms with Crippen LogP contribution in [0.25, 0.3) is 0 Å². The van der Waals surface area contributed by atoms with Gasteiger partial charge < -0.3 is 39.9 Å². The molecule has 3 aromatic carbocycles. The normalized spacial score (nSPS) is 20.5. The number of piperidine rings is 2. The number of halogens is 2. The van der Waals surface area contributed by atoms with Crippen molar-refractivity contribution in [2.45, 2.75) is 94.0 Å². The molecule has 0 radical (unpaired) electrons. The van der Waals surface area contributed by atoms with Gasteiger partial charge in [-0.1, -0.05) is 17.8 Å². The molecule has 4 aromatic rings. The largest absolute Gasteiger partial charge is 0.478 e. The molecular weight excluding hydrogens is 855 g/mol. The Morgan fingerprint density at radius 1 is 0.877 bits per heavy atom. The SMILES string of the molecule is Cc1c(N2CCN(C3CCN(c4ccc(C(=O)Nc5cccc(Sc6cnc(N7CCC8(CC7)CO[C@@H](C)[C@H]8NC(=O)OC(C)(C)C)cn6)c5)cc4F)CC3)CC2)ccc(C(=O)O)c1F. The fourth-order valence-corrected chi connectivity index (χ4v) is 10.5. The van der Waals surface area contributed by atoms with Crippen molar-refractivity contribution in [3.05, 3.63) is 95.3 Å². The number of hydrogen-bond acceptors (Lipinski definition) is 12. The number of rotatable bonds is 10. The standard InChI is InChI=1S/C48H58F2N8O6S/c1-30-38(12-10-36(42(30)50)45(60)61)57-23-21-55(22-24-57)34-13-17-56(18-14-34)39-11-9-32(25-37(39)49)44(59)53-33-7-6-8-35(26-33)65-41-28-51-40(27-52-41)58-19-15-48(16-20-58)29-63-31(2)43(48)54-46(62)64-47(3,4)5/h6-12,25-28,31,34,43H,13-24,29H2,1-5H3,(H,53,59)(H,54,62)(H,60,61)/t31-,43+/m0/s1. The number of alkyl carbamates (subject to hydrolysis) is 1. The fraction of sp³-hybridized carbons (Fsp3) is 0.479. The molecule has 4 aliphatic rings. The Morgan fingerprint density at radius 2 is 1.58 bits per heavy atom. The molecule has 0 unspecified atom stereocenters. The van der Waals surface area contributed by atoms with E-state index in [1.165, 1.54) is 23.9 Å². The van der Waals surface area contributed by atoms with Gasteiger partial charge in [-0.2, -0.15) is 0 Å². The molecule has 3 N–H and O–H groups in total. The summed E-state index contributed by atoms with van der Waals surface area (Å²) in [5.74, 6) is -2.04. The third kappa shape index (κ3) is 10.5. The van der Waals surface area contributed by atoms with Gasteiger partial charge in [0.05, 0.1) is 42.4 Å². The van der Waals surface area contributed by atoms with E-state index in [1.807, 2.05) is 50.8 Å². The minimum atomic E-state index is -1.27. The Balaban J connectivity index is 0.796. The lowest BCUT2D eigenvalue weighted by molar-refractivity contribution is 0.0433. The number of hydrogen-bond donors (Lipinski definition) is 3. The number of carbonyl (C=O) groups is 3. The molecule has 2 amide bonds. The third-order valence-electron chi connectivity index (χ3n) is 13.2. The molecule has 14 nitrogen and oxygen atoms in total. The summed E-state index contributed by atoms with van der Waals surface area (Å²) < 4.78 is 41.9. The summed E-state index contributed by atoms with van der Waals surface area (Å²) in [6, 6.07) is 15.3. The molecule has 17 heteroatoms. The lowest BCUT2D eigenvalue weighted by atomic mass is 9.73. The number of ether oxygens (including phenoxy) is 2. The third-order valence-corrected chi connectivity index (χ3v) is 14.1. The van der Waals surface area contributed by atoms with Gasteiger partial charge in [-0.15, -0.1) is 0 Å². The van der Waals surface area contributed by atoms with Crippen LogP contribution in [0.15, 0.2) is 76.9 Å². The number of carbonyl (C=O) groups excluding carboxylic acids is 2. The molecule has 1 aromatic heterocycles. The summed E-state index contributed by atoms with van der Waals surface area (Å²) in [5, 5.41) is 16.0. The van der Waals surface area contributed by atoms with Crippen LogP contribution in [0.2, 0.25) is 0 Å². The van der Waals surface area contributed by atoms with E-state index < -0.39 is 35.2 Å². The molecule has 4 aliphatic heterocycles. The summed E-state index contributed by atoms with van der Waals surface area (Å²) in [7, 11) is 0. The number of amides is 2. The van der Waals surface area contributed by atoms with Crippen LogP contribution in [0.1, 0.15) is 79.7 Å². The van der Waals surface area contributed by atoms with Crippen molar-refractivity contribution >= 4 is 52.6 Å². The molecule has 1 spiro atoms. The summed E-state index contributed by atoms with van der Waals surface area (Å²) in [5.41, 5.74) is 1.26. The first kappa shape index (κ1) is 46.0. The van der Waals surface area contributed by atoms with Crippen LogP contribution >= 0.6 is 11.8 Å². The Labute approximate surface area is 383 Å². The van der Waals surface area contributed by atoms with Crippen molar-refractivity contribution in [2.75, 3.05) is 79.0 Å². The predicted molar refractivity (Wildman–Crippen MR) is 247 cm³/mol. The second-order valence-corrected chi connectivity index (χ2v) is 19.7. The van der Waals surface area contributed by atoms with E-state index in [1.54, 1.807) is 43.6 Å². The number of piperazine rings is 1. The molecule has 0 bridgehead atoms. The van der Waals surface area contributed by atoms with Crippen molar-refractivity contribution in [3.63, 3.8) is 0 Å². The Kier molecular flexibility index (Phi) is 13.6. The topological polar surface area (TPSA) is 153 Å². The van der Waals surface area contributed by atoms with Gasteiger partial charge in [0, 0.05) is 91.2 Å². The molecule has 2 atom stereocenters. The summed E-state index contributed by atoms with van der Waals surface area (Å²) in [6.07, 6.45) is 6.36. The monoisotopic (exact) mass is 912 g/mol. The first-order valence-corrected chi connectivity index (χ1v) is 23.2. The smallest absolute Gasteiger partial charge is 0.407 e. The van der Waals surface area contributed by atoms with Crippen LogP contribution < -0.4 is 25.3 Å². The molecular formula is C48H58F2N8O6S. The Morgan fingerprint density at radius 3 is 2.25 bits per heavy atom. The molecule has 65 heavy (non-hydrogen) atoms. The van der Waals surface area contributed by atoms with Crippen molar-refractivity contribution in [3.8, 4) is 0 Å². The number of anilines is 4. The highest BCUT2D eigenvalue weighted by Crippen LogP contribution is 2.43. The van der Waals surface area contributed by atoms with Gasteiger partial charge in [-0.05, 0) is 109 Å². The zero-order chi connectivity index (χ0) is 46.0. The zero-order valence-electron chi connectivity index (χ0n) is 37.6. The van der Waals surface area contributed by atoms with E-state index in [0.29, 0.717) is 60.8 Å². The number of nitrogens with one attached hydrogen (secondary N) is 2. The van der Waals surface area contributed by atoms with Gasteiger partial charge in [0.15, 0.2) is 0 Å². The number of aromatic nitrogens is 2. The van der Waals surface area contributed by atoms with Crippen LogP contribution in [0, 0.1) is 24.0 Å². The summed E-state index contributed by atoms with van der Waals surface area (Å²) >= 11 is 1.42. The van der Waals surface area contributed by atoms with Crippen LogP contribution in [0.3, 0.4) is 0 Å². The van der Waals surface area contributed by atoms with Crippen LogP contribution in [-0.4, -0.2) is 121 Å². The quantitative estimate of drug-likeness (QED) is 0.142. The number of aromatic carboxylic acids is 1. The maximum Gasteiger partial charge on any atom is 0.407 e. The number of carboxylic acid groups (broad SMARTS) is 1. The van der Waals surface area contributed by atoms with E-state index >= 15 is 4.39 Å². The van der Waals surface area contributed by atoms with E-state index in [0.717, 1.165) is 68.3 Å². The average Bonchev–Trinajstić information content (AvgIpc) is 3.57. The van der Waals surface area contributed by atoms with Crippen molar-refractivity contribution in [2.24, 2.45) is 5.41 Å². The predicted octanol–water partition coefficient (Wildman–Crippen LogP) is 7.85. The van der Waals surface area contributed by atoms with Gasteiger partial charge in [0.1, 0.15) is 28.1 Å². The lowest BCUT2D eigenvalue weighted by Crippen LogP contribution is -2.55. The second kappa shape index (κ2) is 19.1. The van der Waals surface area contributed by atoms with Gasteiger partial charge in [0.2, 0.25) is 0 Å². The Hall–Kier alpha value is -5.52. The van der Waals surface area contributed by atoms with Crippen LogP contribution in [-0.2, 0) is 9.47 Å². The number of nitrogens with zero attached hydrogens (tertiary/aromatic N) is 6. The molecule has 346 valence electrons. The minimum absolute atomic E-state index is 0.114. The van der Waals surface area contributed by atoms with Crippen LogP contribution in [0.4, 0.5) is 36.5 Å². The van der Waals surface area contributed by atoms with E-state index in [9.17, 15) is 23.9 Å². The Bertz CT molecular complexity index is 2380. The highest BCUT2D eigenvalue weighted by Gasteiger charge is 2.50. The first-order valence-electron chi connectivity index (χ1n) is 22.4.